The zero-order chi connectivity index (χ0) is 11.1. The van der Waals surface area contributed by atoms with Crippen LogP contribution in [0.2, 0.25) is 0 Å². The molecule has 0 spiro atoms. The van der Waals surface area contributed by atoms with Crippen LogP contribution in [0.1, 0.15) is 19.8 Å². The number of hydrogen-bond donors (Lipinski definition) is 0. The third-order valence-corrected chi connectivity index (χ3v) is 2.09. The standard InChI is InChI=1S/C10H17O4/c1-7(9(11)13-3)5-6-8(2)10(12)14-4/h7-8H,1,5-6H2,2-4H3. The first-order chi connectivity index (χ1) is 6.52. The molecule has 0 aromatic carbocycles. The van der Waals surface area contributed by atoms with Crippen LogP contribution in [0.15, 0.2) is 0 Å². The summed E-state index contributed by atoms with van der Waals surface area (Å²) < 4.78 is 9.07. The number of hydrogen-bond acceptors (Lipinski definition) is 4. The summed E-state index contributed by atoms with van der Waals surface area (Å²) in [6.07, 6.45) is 1.11. The molecule has 81 valence electrons. The predicted octanol–water partition coefficient (Wildman–Crippen LogP) is 1.20. The Balaban J connectivity index is 3.82. The normalized spacial score (nSPS) is 14.3. The lowest BCUT2D eigenvalue weighted by Gasteiger charge is -2.11. The highest BCUT2D eigenvalue weighted by Gasteiger charge is 2.18. The van der Waals surface area contributed by atoms with Crippen molar-refractivity contribution in [1.82, 2.24) is 0 Å². The van der Waals surface area contributed by atoms with Gasteiger partial charge >= 0.3 is 11.9 Å². The van der Waals surface area contributed by atoms with Crippen molar-refractivity contribution >= 4 is 11.9 Å². The summed E-state index contributed by atoms with van der Waals surface area (Å²) in [4.78, 5) is 22.0. The molecule has 14 heavy (non-hydrogen) atoms. The van der Waals surface area contributed by atoms with E-state index < -0.39 is 5.92 Å². The maximum atomic E-state index is 11.0. The van der Waals surface area contributed by atoms with Crippen LogP contribution in [-0.4, -0.2) is 26.2 Å². The van der Waals surface area contributed by atoms with E-state index in [1.165, 1.54) is 14.2 Å². The average Bonchev–Trinajstić information content (AvgIpc) is 2.22. The summed E-state index contributed by atoms with van der Waals surface area (Å²) in [5.74, 6) is -1.22. The molecule has 0 aromatic heterocycles. The fourth-order valence-corrected chi connectivity index (χ4v) is 1.05. The molecule has 0 saturated carbocycles. The first-order valence-corrected chi connectivity index (χ1v) is 4.51. The van der Waals surface area contributed by atoms with Gasteiger partial charge in [-0.1, -0.05) is 6.92 Å². The maximum absolute atomic E-state index is 11.0. The SMILES string of the molecule is [CH2]C(CCC(C)C(=O)OC)C(=O)OC. The quantitative estimate of drug-likeness (QED) is 0.627. The number of rotatable bonds is 5. The van der Waals surface area contributed by atoms with Gasteiger partial charge in [0.05, 0.1) is 26.1 Å². The molecule has 0 heterocycles. The van der Waals surface area contributed by atoms with E-state index in [4.69, 9.17) is 0 Å². The molecule has 0 aliphatic heterocycles. The van der Waals surface area contributed by atoms with Gasteiger partial charge in [-0.15, -0.1) is 0 Å². The largest absolute Gasteiger partial charge is 0.469 e. The molecule has 2 unspecified atom stereocenters. The minimum Gasteiger partial charge on any atom is -0.469 e. The van der Waals surface area contributed by atoms with Crippen LogP contribution in [0.4, 0.5) is 0 Å². The van der Waals surface area contributed by atoms with Crippen LogP contribution >= 0.6 is 0 Å². The topological polar surface area (TPSA) is 52.6 Å². The molecule has 0 saturated heterocycles. The van der Waals surface area contributed by atoms with E-state index in [-0.39, 0.29) is 17.9 Å². The third-order valence-electron chi connectivity index (χ3n) is 2.09. The highest BCUT2D eigenvalue weighted by molar-refractivity contribution is 5.73. The van der Waals surface area contributed by atoms with Crippen LogP contribution in [0.3, 0.4) is 0 Å². The van der Waals surface area contributed by atoms with Crippen molar-refractivity contribution in [2.45, 2.75) is 19.8 Å². The summed E-state index contributed by atoms with van der Waals surface area (Å²) >= 11 is 0. The Labute approximate surface area is 84.6 Å². The van der Waals surface area contributed by atoms with E-state index in [0.717, 1.165) is 0 Å². The average molecular weight is 201 g/mol. The third kappa shape index (κ3) is 4.25. The maximum Gasteiger partial charge on any atom is 0.308 e. The van der Waals surface area contributed by atoms with Crippen LogP contribution in [0.5, 0.6) is 0 Å². The molecule has 0 aliphatic rings. The Morgan fingerprint density at radius 1 is 1.14 bits per heavy atom. The summed E-state index contributed by atoms with van der Waals surface area (Å²) in [5, 5.41) is 0. The van der Waals surface area contributed by atoms with Gasteiger partial charge in [0.15, 0.2) is 0 Å². The number of methoxy groups -OCH3 is 2. The van der Waals surface area contributed by atoms with Gasteiger partial charge < -0.3 is 9.47 Å². The fraction of sp³-hybridized carbons (Fsp3) is 0.700. The second kappa shape index (κ2) is 6.40. The lowest BCUT2D eigenvalue weighted by Crippen LogP contribution is -2.17. The smallest absolute Gasteiger partial charge is 0.308 e. The molecule has 0 amide bonds. The van der Waals surface area contributed by atoms with Gasteiger partial charge in [0, 0.05) is 0 Å². The zero-order valence-electron chi connectivity index (χ0n) is 8.91. The second-order valence-electron chi connectivity index (χ2n) is 3.22. The van der Waals surface area contributed by atoms with Crippen LogP contribution in [0.25, 0.3) is 0 Å². The lowest BCUT2D eigenvalue weighted by molar-refractivity contribution is -0.147. The molecule has 0 fully saturated rings. The van der Waals surface area contributed by atoms with Crippen molar-refractivity contribution < 1.29 is 19.1 Å². The fourth-order valence-electron chi connectivity index (χ4n) is 1.05. The van der Waals surface area contributed by atoms with E-state index in [1.807, 2.05) is 0 Å². The number of ether oxygens (including phenoxy) is 2. The second-order valence-corrected chi connectivity index (χ2v) is 3.22. The number of carbonyl (C=O) groups excluding carboxylic acids is 2. The van der Waals surface area contributed by atoms with Crippen LogP contribution in [-0.2, 0) is 19.1 Å². The predicted molar refractivity (Wildman–Crippen MR) is 51.3 cm³/mol. The van der Waals surface area contributed by atoms with Crippen molar-refractivity contribution in [3.63, 3.8) is 0 Å². The highest BCUT2D eigenvalue weighted by atomic mass is 16.5. The minimum absolute atomic E-state index is 0.200. The molecule has 0 N–H and O–H groups in total. The van der Waals surface area contributed by atoms with E-state index >= 15 is 0 Å². The monoisotopic (exact) mass is 201 g/mol. The Bertz CT molecular complexity index is 178. The Kier molecular flexibility index (Phi) is 5.92. The molecule has 1 radical (unpaired) electrons. The summed E-state index contributed by atoms with van der Waals surface area (Å²) in [5.41, 5.74) is 0. The van der Waals surface area contributed by atoms with Crippen molar-refractivity contribution in [3.8, 4) is 0 Å². The molecule has 0 bridgehead atoms. The first-order valence-electron chi connectivity index (χ1n) is 4.51. The summed E-state index contributed by atoms with van der Waals surface area (Å²) in [7, 11) is 2.67. The molecule has 4 nitrogen and oxygen atoms in total. The number of esters is 2. The zero-order valence-corrected chi connectivity index (χ0v) is 8.91. The van der Waals surface area contributed by atoms with Crippen molar-refractivity contribution in [3.05, 3.63) is 6.92 Å². The van der Waals surface area contributed by atoms with E-state index in [2.05, 4.69) is 16.4 Å². The molecular weight excluding hydrogens is 184 g/mol. The van der Waals surface area contributed by atoms with Crippen molar-refractivity contribution in [2.24, 2.45) is 11.8 Å². The van der Waals surface area contributed by atoms with Gasteiger partial charge in [-0.05, 0) is 19.8 Å². The summed E-state index contributed by atoms with van der Waals surface area (Å²) in [6.45, 7) is 5.40. The van der Waals surface area contributed by atoms with Gasteiger partial charge in [-0.2, -0.15) is 0 Å². The Hall–Kier alpha value is -1.06. The van der Waals surface area contributed by atoms with E-state index in [1.54, 1.807) is 6.92 Å². The van der Waals surface area contributed by atoms with E-state index in [9.17, 15) is 9.59 Å². The molecular formula is C10H17O4. The number of carbonyl (C=O) groups is 2. The lowest BCUT2D eigenvalue weighted by atomic mass is 9.98. The van der Waals surface area contributed by atoms with Gasteiger partial charge in [-0.25, -0.2) is 0 Å². The van der Waals surface area contributed by atoms with Gasteiger partial charge in [-0.3, -0.25) is 9.59 Å². The van der Waals surface area contributed by atoms with Crippen LogP contribution < -0.4 is 0 Å². The molecule has 0 aromatic rings. The van der Waals surface area contributed by atoms with E-state index in [0.29, 0.717) is 12.8 Å². The van der Waals surface area contributed by atoms with Crippen LogP contribution in [0, 0.1) is 18.8 Å². The van der Waals surface area contributed by atoms with Gasteiger partial charge in [0.1, 0.15) is 0 Å². The summed E-state index contributed by atoms with van der Waals surface area (Å²) in [6, 6.07) is 0. The van der Waals surface area contributed by atoms with Gasteiger partial charge in [0.25, 0.3) is 0 Å². The van der Waals surface area contributed by atoms with Gasteiger partial charge in [0.2, 0.25) is 0 Å². The van der Waals surface area contributed by atoms with Crippen molar-refractivity contribution in [1.29, 1.82) is 0 Å². The Morgan fingerprint density at radius 3 is 2.07 bits per heavy atom. The molecule has 2 atom stereocenters. The highest BCUT2D eigenvalue weighted by Crippen LogP contribution is 2.14. The Morgan fingerprint density at radius 2 is 1.64 bits per heavy atom. The first kappa shape index (κ1) is 12.9. The molecule has 0 rings (SSSR count). The van der Waals surface area contributed by atoms with Crippen molar-refractivity contribution in [2.75, 3.05) is 14.2 Å². The minimum atomic E-state index is -0.410. The molecule has 0 aliphatic carbocycles. The molecule has 4 heteroatoms.